The van der Waals surface area contributed by atoms with Crippen LogP contribution in [0.3, 0.4) is 0 Å². The lowest BCUT2D eigenvalue weighted by Crippen LogP contribution is -2.54. The molecule has 1 spiro atoms. The Balaban J connectivity index is 1.41. The van der Waals surface area contributed by atoms with Crippen molar-refractivity contribution in [3.63, 3.8) is 0 Å². The third-order valence-corrected chi connectivity index (χ3v) is 13.1. The molecule has 6 rings (SSSR count). The summed E-state index contributed by atoms with van der Waals surface area (Å²) in [5.41, 5.74) is 1.58. The van der Waals surface area contributed by atoms with E-state index in [1.54, 1.807) is 49.9 Å². The van der Waals surface area contributed by atoms with Gasteiger partial charge in [-0.1, -0.05) is 23.7 Å². The summed E-state index contributed by atoms with van der Waals surface area (Å²) in [6, 6.07) is 11.0. The number of fused-ring (bicyclic) bond motifs is 4. The number of nitrogens with one attached hydrogen (secondary N) is 1. The number of sulfonamides is 1. The van der Waals surface area contributed by atoms with Gasteiger partial charge < -0.3 is 24.2 Å². The van der Waals surface area contributed by atoms with E-state index in [0.29, 0.717) is 55.8 Å². The van der Waals surface area contributed by atoms with Crippen molar-refractivity contribution < 1.29 is 27.5 Å². The molecular formula is C38H52ClN5O6S. The molecule has 0 unspecified atom stereocenters. The molecular weight excluding hydrogens is 690 g/mol. The van der Waals surface area contributed by atoms with Crippen LogP contribution in [0.2, 0.25) is 5.02 Å². The van der Waals surface area contributed by atoms with E-state index in [1.807, 2.05) is 37.2 Å². The Labute approximate surface area is 307 Å². The molecule has 2 heterocycles. The minimum atomic E-state index is -4.21. The molecule has 2 aliphatic heterocycles. The molecule has 2 amide bonds. The van der Waals surface area contributed by atoms with Gasteiger partial charge in [-0.3, -0.25) is 9.69 Å². The van der Waals surface area contributed by atoms with Gasteiger partial charge >= 0.3 is 6.09 Å². The van der Waals surface area contributed by atoms with Crippen molar-refractivity contribution in [2.45, 2.75) is 67.9 Å². The van der Waals surface area contributed by atoms with Gasteiger partial charge in [0, 0.05) is 56.1 Å². The molecule has 0 saturated heterocycles. The van der Waals surface area contributed by atoms with E-state index in [1.165, 1.54) is 17.2 Å². The van der Waals surface area contributed by atoms with E-state index in [0.717, 1.165) is 32.1 Å². The molecule has 2 aromatic rings. The van der Waals surface area contributed by atoms with Crippen molar-refractivity contribution in [1.29, 1.82) is 0 Å². The molecule has 1 fully saturated rings. The number of amides is 2. The molecule has 2 bridgehead atoms. The first-order chi connectivity index (χ1) is 24.1. The molecule has 2 aliphatic carbocycles. The topological polar surface area (TPSA) is 112 Å². The van der Waals surface area contributed by atoms with E-state index in [9.17, 15) is 18.0 Å². The van der Waals surface area contributed by atoms with Crippen molar-refractivity contribution in [2.75, 3.05) is 72.4 Å². The highest BCUT2D eigenvalue weighted by Gasteiger charge is 2.45. The number of hydrogen-bond acceptors (Lipinski definition) is 9. The number of nitrogens with zero attached hydrogens (tertiary/aromatic N) is 4. The summed E-state index contributed by atoms with van der Waals surface area (Å²) in [5.74, 6) is 0.169. The number of benzene rings is 2. The maximum absolute atomic E-state index is 13.8. The molecule has 4 atom stereocenters. The van der Waals surface area contributed by atoms with Gasteiger partial charge in [0.1, 0.15) is 11.9 Å². The Morgan fingerprint density at radius 1 is 1.12 bits per heavy atom. The second-order valence-electron chi connectivity index (χ2n) is 15.6. The number of likely N-dealkylation sites (N-methyl/N-ethyl adjacent to an activating group) is 3. The van der Waals surface area contributed by atoms with E-state index in [4.69, 9.17) is 21.1 Å². The molecule has 11 nitrogen and oxygen atoms in total. The molecule has 51 heavy (non-hydrogen) atoms. The molecule has 0 radical (unpaired) electrons. The van der Waals surface area contributed by atoms with Crippen molar-refractivity contribution in [3.8, 4) is 5.75 Å². The van der Waals surface area contributed by atoms with Crippen LogP contribution < -0.4 is 14.4 Å². The zero-order valence-electron chi connectivity index (χ0n) is 30.7. The van der Waals surface area contributed by atoms with Gasteiger partial charge in [-0.2, -0.15) is 0 Å². The number of ether oxygens (including phenoxy) is 2. The van der Waals surface area contributed by atoms with Gasteiger partial charge in [0.25, 0.3) is 15.9 Å². The second kappa shape index (κ2) is 14.6. The number of rotatable bonds is 4. The van der Waals surface area contributed by atoms with Crippen LogP contribution >= 0.6 is 11.6 Å². The zero-order valence-corrected chi connectivity index (χ0v) is 32.2. The lowest BCUT2D eigenvalue weighted by atomic mass is 9.68. The SMILES string of the molecule is CN(C)CCN(C)C(=O)O[C@H]1/C=C\CN(C)C(C)(C)C(=O)NS(=O)(=O)c2ccc3c(c2)N(C[C@@H]2CC[C@H]21)C[C@@]1(CCCc2cc(Cl)ccc21)CO3. The average Bonchev–Trinajstić information content (AvgIpc) is 3.21. The van der Waals surface area contributed by atoms with Crippen LogP contribution in [-0.4, -0.2) is 114 Å². The zero-order chi connectivity index (χ0) is 36.7. The van der Waals surface area contributed by atoms with Crippen LogP contribution in [0.4, 0.5) is 10.5 Å². The fourth-order valence-electron chi connectivity index (χ4n) is 7.78. The third-order valence-electron chi connectivity index (χ3n) is 11.5. The Morgan fingerprint density at radius 3 is 2.63 bits per heavy atom. The molecule has 1 N–H and O–H groups in total. The standard InChI is InChI=1S/C38H52ClN5O6S/c1-37(2)35(45)40-51(47,48)29-13-16-34-32(22-29)44(24-38(25-49-34)17-7-9-26-21-28(39)12-15-31(26)38)23-27-11-14-30(27)33(10-8-18-43(37)6)50-36(46)42(5)20-19-41(3)4/h8,10,12-13,15-16,21-22,27,30,33H,7,9,11,14,17-20,23-25H2,1-6H3,(H,40,45)/b10-8-/t27-,30+,33-,38-/m0/s1. The summed E-state index contributed by atoms with van der Waals surface area (Å²) >= 11 is 6.45. The maximum Gasteiger partial charge on any atom is 0.410 e. The minimum Gasteiger partial charge on any atom is -0.490 e. The van der Waals surface area contributed by atoms with Crippen molar-refractivity contribution in [1.82, 2.24) is 19.4 Å². The quantitative estimate of drug-likeness (QED) is 0.437. The Bertz CT molecular complexity index is 1780. The molecule has 0 aromatic heterocycles. The summed E-state index contributed by atoms with van der Waals surface area (Å²) in [5, 5.41) is 0.707. The lowest BCUT2D eigenvalue weighted by molar-refractivity contribution is -0.128. The number of carbonyl (C=O) groups excluding carboxylic acids is 2. The van der Waals surface area contributed by atoms with E-state index >= 15 is 0 Å². The van der Waals surface area contributed by atoms with Gasteiger partial charge in [-0.05, 0) is 121 Å². The highest BCUT2D eigenvalue weighted by molar-refractivity contribution is 7.90. The van der Waals surface area contributed by atoms with Crippen LogP contribution in [0.25, 0.3) is 0 Å². The predicted molar refractivity (Wildman–Crippen MR) is 199 cm³/mol. The normalized spacial score (nSPS) is 28.0. The van der Waals surface area contributed by atoms with Crippen LogP contribution in [0, 0.1) is 11.8 Å². The fourth-order valence-corrected chi connectivity index (χ4v) is 9.10. The van der Waals surface area contributed by atoms with Crippen molar-refractivity contribution in [3.05, 3.63) is 64.7 Å². The van der Waals surface area contributed by atoms with E-state index < -0.39 is 27.6 Å². The van der Waals surface area contributed by atoms with Gasteiger partial charge in [0.2, 0.25) is 0 Å². The maximum atomic E-state index is 13.8. The van der Waals surface area contributed by atoms with Gasteiger partial charge in [0.15, 0.2) is 0 Å². The Morgan fingerprint density at radius 2 is 1.90 bits per heavy atom. The van der Waals surface area contributed by atoms with E-state index in [2.05, 4.69) is 21.8 Å². The summed E-state index contributed by atoms with van der Waals surface area (Å²) in [7, 11) is 3.25. The molecule has 4 aliphatic rings. The van der Waals surface area contributed by atoms with Crippen LogP contribution in [0.15, 0.2) is 53.4 Å². The molecule has 278 valence electrons. The highest BCUT2D eigenvalue weighted by Crippen LogP contribution is 2.47. The number of carbonyl (C=O) groups is 2. The second-order valence-corrected chi connectivity index (χ2v) is 17.7. The Kier molecular flexibility index (Phi) is 10.7. The third kappa shape index (κ3) is 7.75. The first kappa shape index (κ1) is 37.4. The number of hydrogen-bond donors (Lipinski definition) is 1. The summed E-state index contributed by atoms with van der Waals surface area (Å²) in [6.45, 7) is 6.64. The van der Waals surface area contributed by atoms with E-state index in [-0.39, 0.29) is 28.2 Å². The lowest BCUT2D eigenvalue weighted by Gasteiger charge is -2.46. The highest BCUT2D eigenvalue weighted by atomic mass is 35.5. The summed E-state index contributed by atoms with van der Waals surface area (Å²) in [4.78, 5) is 34.7. The summed E-state index contributed by atoms with van der Waals surface area (Å²) < 4.78 is 42.8. The number of halogens is 1. The van der Waals surface area contributed by atoms with Gasteiger partial charge in [-0.25, -0.2) is 17.9 Å². The molecule has 2 aromatic carbocycles. The minimum absolute atomic E-state index is 0.00172. The monoisotopic (exact) mass is 741 g/mol. The number of aryl methyl sites for hydroxylation is 1. The van der Waals surface area contributed by atoms with Gasteiger partial charge in [-0.15, -0.1) is 0 Å². The fraction of sp³-hybridized carbons (Fsp3) is 0.579. The molecule has 1 saturated carbocycles. The van der Waals surface area contributed by atoms with Crippen LogP contribution in [0.5, 0.6) is 5.75 Å². The average molecular weight is 742 g/mol. The molecule has 13 heteroatoms. The first-order valence-electron chi connectivity index (χ1n) is 17.9. The van der Waals surface area contributed by atoms with Crippen LogP contribution in [0.1, 0.15) is 50.7 Å². The summed E-state index contributed by atoms with van der Waals surface area (Å²) in [6.07, 6.45) is 7.66. The first-order valence-corrected chi connectivity index (χ1v) is 19.8. The predicted octanol–water partition coefficient (Wildman–Crippen LogP) is 4.92. The Hall–Kier alpha value is -3.32. The largest absolute Gasteiger partial charge is 0.490 e. The smallest absolute Gasteiger partial charge is 0.410 e. The van der Waals surface area contributed by atoms with Crippen molar-refractivity contribution >= 4 is 39.3 Å². The van der Waals surface area contributed by atoms with Gasteiger partial charge in [0.05, 0.1) is 22.7 Å². The number of anilines is 1. The van der Waals surface area contributed by atoms with Crippen molar-refractivity contribution in [2.24, 2.45) is 11.8 Å². The van der Waals surface area contributed by atoms with Crippen LogP contribution in [-0.2, 0) is 31.4 Å².